The summed E-state index contributed by atoms with van der Waals surface area (Å²) in [7, 11) is 2.51. The van der Waals surface area contributed by atoms with Gasteiger partial charge in [-0.3, -0.25) is 4.79 Å². The van der Waals surface area contributed by atoms with Crippen LogP contribution in [0.2, 0.25) is 0 Å². The van der Waals surface area contributed by atoms with Gasteiger partial charge in [0.1, 0.15) is 11.5 Å². The van der Waals surface area contributed by atoms with Gasteiger partial charge in [-0.15, -0.1) is 0 Å². The van der Waals surface area contributed by atoms with Gasteiger partial charge in [-0.05, 0) is 29.8 Å². The highest BCUT2D eigenvalue weighted by Crippen LogP contribution is 2.35. The first-order valence-electron chi connectivity index (χ1n) is 7.34. The smallest absolute Gasteiger partial charge is 0.422 e. The number of carbonyl (C=O) groups is 2. The molecule has 0 fully saturated rings. The highest BCUT2D eigenvalue weighted by molar-refractivity contribution is 5.93. The molecule has 2 aromatic carbocycles. The van der Waals surface area contributed by atoms with Crippen LogP contribution in [-0.2, 0) is 4.74 Å². The van der Waals surface area contributed by atoms with Crippen molar-refractivity contribution in [3.8, 4) is 22.6 Å². The molecular formula is C18H15F3O5. The van der Waals surface area contributed by atoms with Crippen molar-refractivity contribution in [2.24, 2.45) is 0 Å². The molecule has 2 aromatic rings. The lowest BCUT2D eigenvalue weighted by Crippen LogP contribution is -2.19. The lowest BCUT2D eigenvalue weighted by molar-refractivity contribution is -0.153. The number of methoxy groups -OCH3 is 2. The molecule has 0 bridgehead atoms. The Morgan fingerprint density at radius 3 is 2.46 bits per heavy atom. The van der Waals surface area contributed by atoms with Crippen molar-refractivity contribution >= 4 is 12.3 Å². The molecule has 0 aliphatic rings. The van der Waals surface area contributed by atoms with E-state index in [-0.39, 0.29) is 22.6 Å². The third-order valence-electron chi connectivity index (χ3n) is 3.42. The van der Waals surface area contributed by atoms with Crippen LogP contribution in [0.4, 0.5) is 13.2 Å². The quantitative estimate of drug-likeness (QED) is 0.572. The minimum absolute atomic E-state index is 0.000679. The second kappa shape index (κ2) is 7.90. The number of hydrogen-bond acceptors (Lipinski definition) is 5. The van der Waals surface area contributed by atoms with Crippen LogP contribution >= 0.6 is 0 Å². The van der Waals surface area contributed by atoms with Crippen LogP contribution in [0.25, 0.3) is 11.1 Å². The van der Waals surface area contributed by atoms with E-state index >= 15 is 0 Å². The van der Waals surface area contributed by atoms with Crippen LogP contribution in [0, 0.1) is 0 Å². The molecule has 0 heterocycles. The molecule has 0 spiro atoms. The van der Waals surface area contributed by atoms with E-state index in [0.717, 1.165) is 13.2 Å². The lowest BCUT2D eigenvalue weighted by Gasteiger charge is -2.14. The van der Waals surface area contributed by atoms with Gasteiger partial charge in [0.05, 0.1) is 25.3 Å². The van der Waals surface area contributed by atoms with Crippen LogP contribution in [0.3, 0.4) is 0 Å². The number of carbonyl (C=O) groups excluding carboxylic acids is 2. The van der Waals surface area contributed by atoms with E-state index in [1.807, 2.05) is 0 Å². The first kappa shape index (κ1) is 19.3. The molecule has 0 saturated carbocycles. The number of aldehydes is 1. The van der Waals surface area contributed by atoms with E-state index in [2.05, 4.69) is 4.74 Å². The number of ether oxygens (including phenoxy) is 3. The maximum atomic E-state index is 12.4. The average molecular weight is 368 g/mol. The van der Waals surface area contributed by atoms with Gasteiger partial charge in [-0.2, -0.15) is 13.2 Å². The fourth-order valence-corrected chi connectivity index (χ4v) is 2.34. The molecule has 0 radical (unpaired) electrons. The zero-order chi connectivity index (χ0) is 19.3. The molecule has 2 rings (SSSR count). The Balaban J connectivity index is 2.57. The van der Waals surface area contributed by atoms with E-state index in [4.69, 9.17) is 9.47 Å². The van der Waals surface area contributed by atoms with Crippen LogP contribution in [-0.4, -0.2) is 39.3 Å². The SMILES string of the molecule is COC(=O)c1cc(OCC(F)(F)F)cc(-c2cccc(C=O)c2OC)c1. The Morgan fingerprint density at radius 2 is 1.88 bits per heavy atom. The Morgan fingerprint density at radius 1 is 1.15 bits per heavy atom. The number of halogens is 3. The minimum atomic E-state index is -4.53. The highest BCUT2D eigenvalue weighted by Gasteiger charge is 2.28. The zero-order valence-corrected chi connectivity index (χ0v) is 13.9. The van der Waals surface area contributed by atoms with E-state index in [9.17, 15) is 22.8 Å². The summed E-state index contributed by atoms with van der Waals surface area (Å²) in [6.07, 6.45) is -3.94. The molecule has 0 atom stereocenters. The predicted octanol–water partition coefficient (Wildman–Crippen LogP) is 3.90. The van der Waals surface area contributed by atoms with Gasteiger partial charge in [-0.25, -0.2) is 4.79 Å². The largest absolute Gasteiger partial charge is 0.495 e. The molecule has 26 heavy (non-hydrogen) atoms. The zero-order valence-electron chi connectivity index (χ0n) is 13.9. The summed E-state index contributed by atoms with van der Waals surface area (Å²) >= 11 is 0. The maximum Gasteiger partial charge on any atom is 0.422 e. The molecular weight excluding hydrogens is 353 g/mol. The number of hydrogen-bond donors (Lipinski definition) is 0. The molecule has 0 amide bonds. The summed E-state index contributed by atoms with van der Waals surface area (Å²) in [5.74, 6) is -0.681. The third-order valence-corrected chi connectivity index (χ3v) is 3.42. The molecule has 0 aromatic heterocycles. The van der Waals surface area contributed by atoms with Crippen molar-refractivity contribution in [3.05, 3.63) is 47.5 Å². The normalized spacial score (nSPS) is 11.0. The van der Waals surface area contributed by atoms with Gasteiger partial charge in [0.15, 0.2) is 12.9 Å². The van der Waals surface area contributed by atoms with Gasteiger partial charge in [-0.1, -0.05) is 12.1 Å². The van der Waals surface area contributed by atoms with Crippen LogP contribution in [0.1, 0.15) is 20.7 Å². The van der Waals surface area contributed by atoms with Crippen LogP contribution in [0.5, 0.6) is 11.5 Å². The molecule has 0 aliphatic heterocycles. The van der Waals surface area contributed by atoms with Gasteiger partial charge in [0, 0.05) is 5.56 Å². The Bertz CT molecular complexity index is 815. The summed E-state index contributed by atoms with van der Waals surface area (Å²) < 4.78 is 51.9. The van der Waals surface area contributed by atoms with Crippen molar-refractivity contribution in [2.75, 3.05) is 20.8 Å². The Kier molecular flexibility index (Phi) is 5.86. The molecule has 0 unspecified atom stereocenters. The predicted molar refractivity (Wildman–Crippen MR) is 86.7 cm³/mol. The average Bonchev–Trinajstić information content (AvgIpc) is 2.64. The van der Waals surface area contributed by atoms with E-state index in [0.29, 0.717) is 17.4 Å². The van der Waals surface area contributed by atoms with Crippen molar-refractivity contribution in [1.82, 2.24) is 0 Å². The van der Waals surface area contributed by atoms with Crippen molar-refractivity contribution in [1.29, 1.82) is 0 Å². The Labute approximate surface area is 147 Å². The number of alkyl halides is 3. The highest BCUT2D eigenvalue weighted by atomic mass is 19.4. The molecule has 0 aliphatic carbocycles. The fraction of sp³-hybridized carbons (Fsp3) is 0.222. The standard InChI is InChI=1S/C18H15F3O5/c1-24-16-11(9-22)4-3-5-15(16)12-6-13(17(23)25-2)8-14(7-12)26-10-18(19,20)21/h3-9H,10H2,1-2H3. The number of para-hydroxylation sites is 1. The fourth-order valence-electron chi connectivity index (χ4n) is 2.34. The van der Waals surface area contributed by atoms with E-state index in [1.165, 1.54) is 25.3 Å². The Hall–Kier alpha value is -3.03. The van der Waals surface area contributed by atoms with E-state index < -0.39 is 18.8 Å². The van der Waals surface area contributed by atoms with Crippen LogP contribution in [0.15, 0.2) is 36.4 Å². The lowest BCUT2D eigenvalue weighted by atomic mass is 9.99. The second-order valence-corrected chi connectivity index (χ2v) is 5.19. The monoisotopic (exact) mass is 368 g/mol. The van der Waals surface area contributed by atoms with Gasteiger partial charge in [0.25, 0.3) is 0 Å². The molecule has 5 nitrogen and oxygen atoms in total. The summed E-state index contributed by atoms with van der Waals surface area (Å²) in [4.78, 5) is 23.0. The first-order chi connectivity index (χ1) is 12.3. The summed E-state index contributed by atoms with van der Waals surface area (Å²) in [6, 6.07) is 8.61. The molecule has 0 N–H and O–H groups in total. The van der Waals surface area contributed by atoms with E-state index in [1.54, 1.807) is 12.1 Å². The minimum Gasteiger partial charge on any atom is -0.495 e. The van der Waals surface area contributed by atoms with Gasteiger partial charge < -0.3 is 14.2 Å². The summed E-state index contributed by atoms with van der Waals surface area (Å²) in [5.41, 5.74) is 1.01. The maximum absolute atomic E-state index is 12.4. The summed E-state index contributed by atoms with van der Waals surface area (Å²) in [6.45, 7) is -1.51. The third kappa shape index (κ3) is 4.53. The van der Waals surface area contributed by atoms with Gasteiger partial charge >= 0.3 is 12.1 Å². The summed E-state index contributed by atoms with van der Waals surface area (Å²) in [5, 5.41) is 0. The molecule has 138 valence electrons. The molecule has 0 saturated heterocycles. The first-order valence-corrected chi connectivity index (χ1v) is 7.34. The number of esters is 1. The topological polar surface area (TPSA) is 61.8 Å². The van der Waals surface area contributed by atoms with Crippen molar-refractivity contribution < 1.29 is 37.0 Å². The number of benzene rings is 2. The van der Waals surface area contributed by atoms with Crippen molar-refractivity contribution in [2.45, 2.75) is 6.18 Å². The van der Waals surface area contributed by atoms with Gasteiger partial charge in [0.2, 0.25) is 0 Å². The number of rotatable bonds is 6. The van der Waals surface area contributed by atoms with Crippen molar-refractivity contribution in [3.63, 3.8) is 0 Å². The molecule has 8 heteroatoms. The van der Waals surface area contributed by atoms with Crippen LogP contribution < -0.4 is 9.47 Å². The second-order valence-electron chi connectivity index (χ2n) is 5.19.